The van der Waals surface area contributed by atoms with Crippen LogP contribution in [0, 0.1) is 0 Å². The quantitative estimate of drug-likeness (QED) is 0.179. The van der Waals surface area contributed by atoms with Crippen LogP contribution in [-0.4, -0.2) is 49.5 Å². The molecule has 4 nitrogen and oxygen atoms in total. The molecule has 0 unspecified atom stereocenters. The number of halogens is 1. The van der Waals surface area contributed by atoms with E-state index >= 15 is 0 Å². The molecule has 0 aliphatic heterocycles. The molecular formula is C24H60ClLiO4Si6. The zero-order chi connectivity index (χ0) is 28.8. The van der Waals surface area contributed by atoms with Crippen LogP contribution < -0.4 is 23.7 Å². The Morgan fingerprint density at radius 2 is 1.00 bits per heavy atom. The summed E-state index contributed by atoms with van der Waals surface area (Å²) in [4.78, 5) is 11.4. The maximum Gasteiger partial charge on any atom is 1.00 e. The van der Waals surface area contributed by atoms with Gasteiger partial charge in [0.1, 0.15) is 0 Å². The second kappa shape index (κ2) is 19.6. The molecule has 12 heteroatoms. The summed E-state index contributed by atoms with van der Waals surface area (Å²) in [5.41, 5.74) is 3.83. The minimum Gasteiger partial charge on any atom is -0.839 e. The molecule has 0 amide bonds. The molecule has 0 saturated carbocycles. The number of unbranched alkanes of at least 4 members (excludes halogenated alkanes) is 2. The van der Waals surface area contributed by atoms with Crippen molar-refractivity contribution in [2.45, 2.75) is 130 Å². The minimum absolute atomic E-state index is 0. The van der Waals surface area contributed by atoms with Crippen LogP contribution in [0.2, 0.25) is 90.7 Å². The molecule has 0 aromatic rings. The number of hydrogen-bond acceptors (Lipinski definition) is 4. The first-order chi connectivity index (χ1) is 15.4. The smallest absolute Gasteiger partial charge is 0.839 e. The van der Waals surface area contributed by atoms with Gasteiger partial charge in [-0.2, -0.15) is 11.1 Å². The van der Waals surface area contributed by atoms with E-state index in [1.54, 1.807) is 13.1 Å². The fraction of sp³-hybridized carbons (Fsp3) is 0.833. The molecule has 212 valence electrons. The maximum absolute atomic E-state index is 11.4. The zero-order valence-corrected chi connectivity index (χ0v) is 33.6. The van der Waals surface area contributed by atoms with Crippen molar-refractivity contribution in [3.05, 3.63) is 24.6 Å². The Morgan fingerprint density at radius 1 is 0.667 bits per heavy atom. The average Bonchev–Trinajstić information content (AvgIpc) is 2.61. The molecule has 0 rings (SSSR count). The molecule has 0 aliphatic rings. The van der Waals surface area contributed by atoms with Gasteiger partial charge < -0.3 is 17.1 Å². The summed E-state index contributed by atoms with van der Waals surface area (Å²) in [5, 5.41) is 0. The van der Waals surface area contributed by atoms with Crippen molar-refractivity contribution in [2.24, 2.45) is 0 Å². The second-order valence-corrected chi connectivity index (χ2v) is 38.6. The first kappa shape index (κ1) is 44.5. The van der Waals surface area contributed by atoms with Crippen molar-refractivity contribution < 1.29 is 36.0 Å². The van der Waals surface area contributed by atoms with E-state index in [0.717, 1.165) is 6.04 Å². The first-order valence-electron chi connectivity index (χ1n) is 13.1. The Bertz CT molecular complexity index is 592. The van der Waals surface area contributed by atoms with Crippen LogP contribution in [0.4, 0.5) is 0 Å². The van der Waals surface area contributed by atoms with Crippen LogP contribution >= 0.6 is 11.1 Å². The van der Waals surface area contributed by atoms with E-state index in [9.17, 15) is 4.80 Å². The van der Waals surface area contributed by atoms with Gasteiger partial charge in [0, 0.05) is 0 Å². The molecule has 0 N–H and O–H groups in total. The molecule has 0 atom stereocenters. The molecule has 0 spiro atoms. The molecule has 0 aromatic heterocycles. The van der Waals surface area contributed by atoms with Gasteiger partial charge in [-0.25, -0.2) is 0 Å². The van der Waals surface area contributed by atoms with Crippen LogP contribution in [0.1, 0.15) is 39.5 Å². The number of rotatable bonds is 14. The predicted octanol–water partition coefficient (Wildman–Crippen LogP) is 5.89. The fourth-order valence-electron chi connectivity index (χ4n) is 3.33. The third kappa shape index (κ3) is 33.5. The normalized spacial score (nSPS) is 12.9. The zero-order valence-electron chi connectivity index (χ0n) is 26.8. The monoisotopic (exact) mass is 622 g/mol. The van der Waals surface area contributed by atoms with E-state index in [4.69, 9.17) is 23.4 Å². The van der Waals surface area contributed by atoms with Gasteiger partial charge >= 0.3 is 27.4 Å². The van der Waals surface area contributed by atoms with Crippen LogP contribution in [-0.2, 0) is 12.3 Å². The fourth-order valence-corrected chi connectivity index (χ4v) is 23.1. The maximum atomic E-state index is 11.4. The molecule has 0 aliphatic carbocycles. The largest absolute Gasteiger partial charge is 1.00 e. The van der Waals surface area contributed by atoms with Crippen LogP contribution in [0.15, 0.2) is 24.6 Å². The third-order valence-corrected chi connectivity index (χ3v) is 22.8. The Balaban J connectivity index is -0.000000235. The van der Waals surface area contributed by atoms with E-state index in [2.05, 4.69) is 79.4 Å². The molecule has 0 fully saturated rings. The van der Waals surface area contributed by atoms with Crippen molar-refractivity contribution in [1.82, 2.24) is 0 Å². The Hall–Kier alpha value is 1.51. The van der Waals surface area contributed by atoms with Crippen LogP contribution in [0.5, 0.6) is 0 Å². The Morgan fingerprint density at radius 3 is 1.25 bits per heavy atom. The van der Waals surface area contributed by atoms with Crippen molar-refractivity contribution in [1.29, 1.82) is 0 Å². The standard InChI is InChI=1S/C12H30O2Si3.C8H21O2Si2.C4H9ClSi.Li/c1-9-11-12-16(5,6)14-17(7,8)13-15(3,4)10-2;1-6-7-8-11(2,3)10-12(4,5)9;1-4-6(2,3)5;/h10H,2,9,11-12H2,1,3-8H3;6-8H2,1-5H3;4H,1H2,2-3H3;/q;-1;;+1. The summed E-state index contributed by atoms with van der Waals surface area (Å²) in [6.45, 7) is 37.0. The van der Waals surface area contributed by atoms with E-state index < -0.39 is 49.5 Å². The SMILES string of the molecule is C=C[Si](C)(C)Cl.C=C[Si](C)(C)O[Si](C)(C)O[Si](C)(C)CCCC.CCCC[Si](C)(C)O[Si](C)(C)[O-].[Li+]. The van der Waals surface area contributed by atoms with Gasteiger partial charge in [-0.05, 0) is 64.5 Å². The molecule has 0 aromatic carbocycles. The summed E-state index contributed by atoms with van der Waals surface area (Å²) in [6.07, 6.45) is 4.91. The summed E-state index contributed by atoms with van der Waals surface area (Å²) in [6, 6.07) is 2.36. The molecule has 0 heterocycles. The van der Waals surface area contributed by atoms with E-state index in [1.165, 1.54) is 31.7 Å². The van der Waals surface area contributed by atoms with Crippen molar-refractivity contribution >= 4 is 60.5 Å². The van der Waals surface area contributed by atoms with Gasteiger partial charge in [-0.1, -0.05) is 77.1 Å². The van der Waals surface area contributed by atoms with Crippen molar-refractivity contribution in [2.75, 3.05) is 0 Å². The second-order valence-electron chi connectivity index (χ2n) is 12.4. The van der Waals surface area contributed by atoms with Gasteiger partial charge in [0.2, 0.25) is 0 Å². The molecule has 0 radical (unpaired) electrons. The molecule has 0 bridgehead atoms. The molecule has 36 heavy (non-hydrogen) atoms. The average molecular weight is 624 g/mol. The van der Waals surface area contributed by atoms with Gasteiger partial charge in [0.05, 0.1) is 8.56 Å². The summed E-state index contributed by atoms with van der Waals surface area (Å²) >= 11 is 5.74. The Kier molecular flexibility index (Phi) is 24.2. The third-order valence-electron chi connectivity index (χ3n) is 4.79. The van der Waals surface area contributed by atoms with Crippen LogP contribution in [0.25, 0.3) is 0 Å². The predicted molar refractivity (Wildman–Crippen MR) is 174 cm³/mol. The van der Waals surface area contributed by atoms with Crippen molar-refractivity contribution in [3.63, 3.8) is 0 Å². The van der Waals surface area contributed by atoms with E-state index in [1.807, 2.05) is 24.5 Å². The Labute approximate surface area is 249 Å². The summed E-state index contributed by atoms with van der Waals surface area (Å²) in [5.74, 6) is 0. The minimum atomic E-state index is -2.53. The van der Waals surface area contributed by atoms with Gasteiger partial charge in [-0.3, -0.25) is 0 Å². The topological polar surface area (TPSA) is 50.8 Å². The van der Waals surface area contributed by atoms with E-state index in [-0.39, 0.29) is 18.9 Å². The summed E-state index contributed by atoms with van der Waals surface area (Å²) in [7, 11) is -10.8. The van der Waals surface area contributed by atoms with Crippen molar-refractivity contribution in [3.8, 4) is 0 Å². The molecule has 0 saturated heterocycles. The summed E-state index contributed by atoms with van der Waals surface area (Å²) < 4.78 is 18.3. The number of hydrogen-bond donors (Lipinski definition) is 0. The van der Waals surface area contributed by atoms with Gasteiger partial charge in [-0.15, -0.1) is 13.2 Å². The molecular weight excluding hydrogens is 563 g/mol. The van der Waals surface area contributed by atoms with Gasteiger partial charge in [0.25, 0.3) is 0 Å². The van der Waals surface area contributed by atoms with E-state index in [0.29, 0.717) is 0 Å². The van der Waals surface area contributed by atoms with Crippen LogP contribution in [0.3, 0.4) is 0 Å². The van der Waals surface area contributed by atoms with Gasteiger partial charge in [0.15, 0.2) is 32.3 Å². The first-order valence-corrected chi connectivity index (χ1v) is 32.1.